The zero-order valence-corrected chi connectivity index (χ0v) is 32.9. The molecule has 0 radical (unpaired) electrons. The van der Waals surface area contributed by atoms with Gasteiger partial charge < -0.3 is 9.64 Å². The molecule has 5 aliphatic rings. The van der Waals surface area contributed by atoms with E-state index in [9.17, 15) is 14.0 Å². The van der Waals surface area contributed by atoms with Gasteiger partial charge in [-0.2, -0.15) is 5.10 Å². The van der Waals surface area contributed by atoms with Crippen molar-refractivity contribution < 1.29 is 13.9 Å². The van der Waals surface area contributed by atoms with Crippen molar-refractivity contribution in [3.8, 4) is 0 Å². The lowest BCUT2D eigenvalue weighted by atomic mass is 9.45. The minimum absolute atomic E-state index is 0.101. The first-order valence-corrected chi connectivity index (χ1v) is 21.6. The number of nitrogens with zero attached hydrogens (tertiary/aromatic N) is 3. The third kappa shape index (κ3) is 7.43. The van der Waals surface area contributed by atoms with Crippen LogP contribution in [0.4, 0.5) is 4.39 Å². The largest absolute Gasteiger partial charge is 0.378 e. The molecule has 5 fully saturated rings. The number of unbranched alkanes of at least 4 members (excludes halogenated alkanes) is 4. The van der Waals surface area contributed by atoms with Gasteiger partial charge in [-0.05, 0) is 129 Å². The third-order valence-corrected chi connectivity index (χ3v) is 15.5. The smallest absolute Gasteiger partial charge is 0.272 e. The van der Waals surface area contributed by atoms with Crippen LogP contribution in [0.1, 0.15) is 132 Å². The van der Waals surface area contributed by atoms with Gasteiger partial charge in [-0.3, -0.25) is 14.5 Å². The Bertz CT molecular complexity index is 1840. The zero-order valence-electron chi connectivity index (χ0n) is 32.9. The van der Waals surface area contributed by atoms with E-state index in [0.29, 0.717) is 47.5 Å². The molecule has 4 saturated carbocycles. The second-order valence-electron chi connectivity index (χ2n) is 18.3. The van der Waals surface area contributed by atoms with Crippen molar-refractivity contribution in [1.29, 1.82) is 0 Å². The van der Waals surface area contributed by atoms with E-state index in [-0.39, 0.29) is 17.0 Å². The summed E-state index contributed by atoms with van der Waals surface area (Å²) in [5.74, 6) is 3.03. The molecule has 1 saturated heterocycles. The fourth-order valence-electron chi connectivity index (χ4n) is 12.4. The van der Waals surface area contributed by atoms with Crippen molar-refractivity contribution in [3.05, 3.63) is 75.5 Å². The average Bonchev–Trinajstić information content (AvgIpc) is 3.53. The number of amides is 1. The highest BCUT2D eigenvalue weighted by molar-refractivity contribution is 5.95. The van der Waals surface area contributed by atoms with Crippen LogP contribution in [0.3, 0.4) is 0 Å². The summed E-state index contributed by atoms with van der Waals surface area (Å²) >= 11 is 0. The molecule has 0 spiro atoms. The maximum absolute atomic E-state index is 15.0. The fraction of sp³-hybridized carbons (Fsp3) is 0.674. The van der Waals surface area contributed by atoms with Crippen molar-refractivity contribution in [3.63, 3.8) is 0 Å². The Morgan fingerprint density at radius 1 is 0.852 bits per heavy atom. The maximum atomic E-state index is 15.0. The van der Waals surface area contributed by atoms with Crippen molar-refractivity contribution in [2.45, 2.75) is 123 Å². The molecular formula is C46H63FN4O3. The van der Waals surface area contributed by atoms with Crippen LogP contribution in [0.15, 0.2) is 47.3 Å². The summed E-state index contributed by atoms with van der Waals surface area (Å²) in [6.07, 6.45) is 21.3. The van der Waals surface area contributed by atoms with Crippen molar-refractivity contribution in [2.24, 2.45) is 34.5 Å². The summed E-state index contributed by atoms with van der Waals surface area (Å²) in [6.45, 7) is 10.1. The molecule has 0 bridgehead atoms. The first-order valence-electron chi connectivity index (χ1n) is 21.6. The molecule has 4 aliphatic carbocycles. The highest BCUT2D eigenvalue weighted by Crippen LogP contribution is 2.66. The second kappa shape index (κ2) is 16.2. The number of hydrogen-bond acceptors (Lipinski definition) is 5. The monoisotopic (exact) mass is 738 g/mol. The van der Waals surface area contributed by atoms with E-state index in [4.69, 9.17) is 4.74 Å². The Morgan fingerprint density at radius 2 is 1.63 bits per heavy atom. The van der Waals surface area contributed by atoms with Gasteiger partial charge in [0.05, 0.1) is 22.7 Å². The molecule has 3 aromatic rings. The molecule has 54 heavy (non-hydrogen) atoms. The molecule has 8 rings (SSSR count). The van der Waals surface area contributed by atoms with Crippen molar-refractivity contribution in [2.75, 3.05) is 39.3 Å². The van der Waals surface area contributed by atoms with Crippen LogP contribution in [-0.4, -0.2) is 71.3 Å². The Morgan fingerprint density at radius 3 is 2.48 bits per heavy atom. The average molecular weight is 739 g/mol. The number of fused-ring (bicyclic) bond motifs is 6. The molecule has 1 aromatic heterocycles. The van der Waals surface area contributed by atoms with Gasteiger partial charge in [0.2, 0.25) is 0 Å². The lowest BCUT2D eigenvalue weighted by Crippen LogP contribution is -2.53. The fourth-order valence-corrected chi connectivity index (χ4v) is 12.4. The van der Waals surface area contributed by atoms with Gasteiger partial charge in [0, 0.05) is 44.6 Å². The van der Waals surface area contributed by atoms with Gasteiger partial charge in [0.15, 0.2) is 0 Å². The third-order valence-electron chi connectivity index (χ3n) is 15.5. The molecule has 1 aliphatic heterocycles. The Kier molecular flexibility index (Phi) is 11.3. The number of aromatic amines is 1. The molecule has 1 amide bonds. The van der Waals surface area contributed by atoms with E-state index in [1.807, 2.05) is 18.2 Å². The summed E-state index contributed by atoms with van der Waals surface area (Å²) in [5.41, 5.74) is 2.35. The highest BCUT2D eigenvalue weighted by Gasteiger charge is 2.60. The van der Waals surface area contributed by atoms with Gasteiger partial charge in [0.1, 0.15) is 5.82 Å². The lowest BCUT2D eigenvalue weighted by Gasteiger charge is -2.60. The van der Waals surface area contributed by atoms with Crippen LogP contribution in [0, 0.1) is 40.3 Å². The van der Waals surface area contributed by atoms with Crippen LogP contribution in [0.5, 0.6) is 0 Å². The minimum atomic E-state index is -0.504. The number of hydrogen-bond donors (Lipinski definition) is 1. The second-order valence-corrected chi connectivity index (χ2v) is 18.3. The Hall–Kier alpha value is -3.10. The number of nitrogens with one attached hydrogen (secondary N) is 1. The van der Waals surface area contributed by atoms with Gasteiger partial charge in [-0.15, -0.1) is 0 Å². The number of carbonyl (C=O) groups excluding carboxylic acids is 1. The summed E-state index contributed by atoms with van der Waals surface area (Å²) in [7, 11) is 0. The summed E-state index contributed by atoms with van der Waals surface area (Å²) in [5, 5.41) is 8.15. The normalized spacial score (nSPS) is 31.2. The predicted octanol–water partition coefficient (Wildman–Crippen LogP) is 9.18. The number of ether oxygens (including phenoxy) is 1. The molecule has 8 heteroatoms. The molecule has 292 valence electrons. The molecule has 2 aromatic carbocycles. The van der Waals surface area contributed by atoms with E-state index < -0.39 is 5.82 Å². The van der Waals surface area contributed by atoms with E-state index >= 15 is 0 Å². The summed E-state index contributed by atoms with van der Waals surface area (Å²) in [4.78, 5) is 29.9. The van der Waals surface area contributed by atoms with E-state index in [2.05, 4.69) is 28.9 Å². The summed E-state index contributed by atoms with van der Waals surface area (Å²) < 4.78 is 21.7. The van der Waals surface area contributed by atoms with Crippen molar-refractivity contribution >= 4 is 16.7 Å². The standard InChI is InChI=1S/C46H63FN4O3/c1-45-22-9-8-12-33(45)16-17-36-38-18-20-42(46(38,2)23-21-39(36)45)54-29-11-5-3-4-10-24-50-25-27-51(28-26-50)44(53)37-30-32(15-19-40(37)47)31-41-34-13-6-7-14-35(34)43(52)49-48-41/h6-7,13-15,19,30,33,36,38-39,42H,3-5,8-12,16-18,20-29,31H2,1-2H3,(H,49,52)/t33-,36+,38+,39+,42+,45+,46+/m1/s1. The molecule has 7 nitrogen and oxygen atoms in total. The van der Waals surface area contributed by atoms with E-state index in [1.54, 1.807) is 23.1 Å². The number of piperazine rings is 1. The lowest BCUT2D eigenvalue weighted by molar-refractivity contribution is -0.130. The molecule has 0 unspecified atom stereocenters. The minimum Gasteiger partial charge on any atom is -0.378 e. The zero-order chi connectivity index (χ0) is 37.3. The van der Waals surface area contributed by atoms with Gasteiger partial charge in [-0.1, -0.05) is 70.2 Å². The first-order chi connectivity index (χ1) is 26.2. The molecule has 1 N–H and O–H groups in total. The van der Waals surface area contributed by atoms with Crippen LogP contribution >= 0.6 is 0 Å². The number of carbonyl (C=O) groups is 1. The van der Waals surface area contributed by atoms with Crippen LogP contribution in [-0.2, 0) is 11.2 Å². The number of halogens is 1. The quantitative estimate of drug-likeness (QED) is 0.188. The van der Waals surface area contributed by atoms with E-state index in [1.165, 1.54) is 102 Å². The van der Waals surface area contributed by atoms with Gasteiger partial charge in [-0.25, -0.2) is 9.49 Å². The van der Waals surface area contributed by atoms with Crippen LogP contribution in [0.25, 0.3) is 10.8 Å². The van der Waals surface area contributed by atoms with Crippen molar-refractivity contribution in [1.82, 2.24) is 20.0 Å². The molecular weight excluding hydrogens is 676 g/mol. The first kappa shape index (κ1) is 37.8. The number of benzene rings is 2. The van der Waals surface area contributed by atoms with Crippen LogP contribution < -0.4 is 5.56 Å². The van der Waals surface area contributed by atoms with Gasteiger partial charge in [0.25, 0.3) is 11.5 Å². The Labute approximate surface area is 321 Å². The number of aromatic nitrogens is 2. The number of H-pyrrole nitrogens is 1. The summed E-state index contributed by atoms with van der Waals surface area (Å²) in [6, 6.07) is 12.0. The predicted molar refractivity (Wildman–Crippen MR) is 213 cm³/mol. The van der Waals surface area contributed by atoms with Crippen LogP contribution in [0.2, 0.25) is 0 Å². The number of rotatable bonds is 12. The highest BCUT2D eigenvalue weighted by atomic mass is 19.1. The topological polar surface area (TPSA) is 78.5 Å². The molecule has 2 heterocycles. The Balaban J connectivity index is 0.726. The van der Waals surface area contributed by atoms with Gasteiger partial charge >= 0.3 is 0 Å². The molecule has 7 atom stereocenters. The van der Waals surface area contributed by atoms with E-state index in [0.717, 1.165) is 60.9 Å². The maximum Gasteiger partial charge on any atom is 0.272 e. The SMILES string of the molecule is C[C@]12CCCC[C@@H]1CC[C@@H]1[C@@H]2CC[C@]2(C)[C@@H](OCCCCCCCN3CCN(C(=O)c4cc(Cc5n[nH]c(=O)c6ccccc56)ccc4F)CC3)CC[C@@H]12.